The Balaban J connectivity index is 1.69. The van der Waals surface area contributed by atoms with Crippen LogP contribution in [-0.2, 0) is 6.61 Å². The molecule has 0 unspecified atom stereocenters. The maximum atomic E-state index is 12.2. The van der Waals surface area contributed by atoms with E-state index in [1.54, 1.807) is 36.4 Å². The Labute approximate surface area is 184 Å². The zero-order valence-electron chi connectivity index (χ0n) is 14.5. The molecule has 0 fully saturated rings. The molecule has 0 aromatic heterocycles. The van der Waals surface area contributed by atoms with Crippen molar-refractivity contribution >= 4 is 55.6 Å². The lowest BCUT2D eigenvalue weighted by Crippen LogP contribution is -2.18. The average molecular weight is 523 g/mol. The van der Waals surface area contributed by atoms with Gasteiger partial charge in [-0.2, -0.15) is 5.10 Å². The number of benzene rings is 3. The number of nitrogens with one attached hydrogen (secondary N) is 1. The predicted molar refractivity (Wildman–Crippen MR) is 119 cm³/mol. The van der Waals surface area contributed by atoms with Crippen LogP contribution in [0.2, 0.25) is 5.02 Å². The van der Waals surface area contributed by atoms with E-state index in [9.17, 15) is 4.79 Å². The second-order valence-corrected chi connectivity index (χ2v) is 7.98. The number of amides is 1. The van der Waals surface area contributed by atoms with Crippen LogP contribution in [-0.4, -0.2) is 12.1 Å². The second kappa shape index (κ2) is 9.87. The second-order valence-electron chi connectivity index (χ2n) is 5.78. The van der Waals surface area contributed by atoms with Gasteiger partial charge in [-0.15, -0.1) is 0 Å². The molecule has 7 heteroatoms. The van der Waals surface area contributed by atoms with E-state index in [-0.39, 0.29) is 5.91 Å². The van der Waals surface area contributed by atoms with Crippen molar-refractivity contribution in [2.24, 2.45) is 5.10 Å². The smallest absolute Gasteiger partial charge is 0.272 e. The molecule has 0 atom stereocenters. The third kappa shape index (κ3) is 5.67. The van der Waals surface area contributed by atoms with Crippen LogP contribution in [0.1, 0.15) is 21.5 Å². The van der Waals surface area contributed by atoms with Crippen LogP contribution < -0.4 is 10.2 Å². The van der Waals surface area contributed by atoms with Crippen molar-refractivity contribution in [1.82, 2.24) is 5.43 Å². The zero-order chi connectivity index (χ0) is 19.9. The van der Waals surface area contributed by atoms with E-state index >= 15 is 0 Å². The number of rotatable bonds is 6. The SMILES string of the molecule is O=C(N/N=C/c1cc(Cl)ccc1OCc1ccc(Br)cc1)c1ccccc1Br. The first-order chi connectivity index (χ1) is 13.5. The van der Waals surface area contributed by atoms with Gasteiger partial charge in [-0.3, -0.25) is 4.79 Å². The van der Waals surface area contributed by atoms with Crippen molar-refractivity contribution < 1.29 is 9.53 Å². The summed E-state index contributed by atoms with van der Waals surface area (Å²) in [7, 11) is 0. The number of carbonyl (C=O) groups is 1. The average Bonchev–Trinajstić information content (AvgIpc) is 2.69. The van der Waals surface area contributed by atoms with Crippen molar-refractivity contribution in [3.05, 3.63) is 97.4 Å². The van der Waals surface area contributed by atoms with E-state index in [0.29, 0.717) is 33.0 Å². The fraction of sp³-hybridized carbons (Fsp3) is 0.0476. The van der Waals surface area contributed by atoms with Gasteiger partial charge < -0.3 is 4.74 Å². The van der Waals surface area contributed by atoms with Crippen LogP contribution in [0.15, 0.2) is 80.8 Å². The summed E-state index contributed by atoms with van der Waals surface area (Å²) in [5.74, 6) is 0.300. The lowest BCUT2D eigenvalue weighted by atomic mass is 10.2. The summed E-state index contributed by atoms with van der Waals surface area (Å²) in [5, 5.41) is 4.59. The lowest BCUT2D eigenvalue weighted by molar-refractivity contribution is 0.0954. The Hall–Kier alpha value is -2.15. The summed E-state index contributed by atoms with van der Waals surface area (Å²) in [5.41, 5.74) is 4.70. The largest absolute Gasteiger partial charge is 0.488 e. The zero-order valence-corrected chi connectivity index (χ0v) is 18.5. The highest BCUT2D eigenvalue weighted by Gasteiger charge is 2.08. The van der Waals surface area contributed by atoms with Gasteiger partial charge in [0.05, 0.1) is 11.8 Å². The minimum Gasteiger partial charge on any atom is -0.488 e. The Bertz CT molecular complexity index is 1010. The molecule has 3 aromatic rings. The van der Waals surface area contributed by atoms with Gasteiger partial charge >= 0.3 is 0 Å². The molecule has 3 rings (SSSR count). The van der Waals surface area contributed by atoms with Gasteiger partial charge in [0.15, 0.2) is 0 Å². The maximum Gasteiger partial charge on any atom is 0.272 e. The fourth-order valence-electron chi connectivity index (χ4n) is 2.36. The Morgan fingerprint density at radius 1 is 1.07 bits per heavy atom. The number of hydrogen-bond donors (Lipinski definition) is 1. The van der Waals surface area contributed by atoms with E-state index < -0.39 is 0 Å². The third-order valence-electron chi connectivity index (χ3n) is 3.77. The fourth-order valence-corrected chi connectivity index (χ4v) is 3.27. The maximum absolute atomic E-state index is 12.2. The molecule has 0 aliphatic rings. The van der Waals surface area contributed by atoms with Gasteiger partial charge in [0.2, 0.25) is 0 Å². The molecule has 0 saturated carbocycles. The van der Waals surface area contributed by atoms with Crippen molar-refractivity contribution in [3.8, 4) is 5.75 Å². The quantitative estimate of drug-likeness (QED) is 0.309. The molecule has 0 radical (unpaired) electrons. The molecule has 0 saturated heterocycles. The first kappa shape index (κ1) is 20.6. The molecule has 1 N–H and O–H groups in total. The Morgan fingerprint density at radius 2 is 1.82 bits per heavy atom. The van der Waals surface area contributed by atoms with Gasteiger partial charge in [-0.05, 0) is 64.0 Å². The highest BCUT2D eigenvalue weighted by Crippen LogP contribution is 2.23. The Kier molecular flexibility index (Phi) is 7.25. The third-order valence-corrected chi connectivity index (χ3v) is 5.22. The van der Waals surface area contributed by atoms with Gasteiger partial charge in [-0.1, -0.05) is 51.8 Å². The highest BCUT2D eigenvalue weighted by atomic mass is 79.9. The molecule has 0 spiro atoms. The molecule has 3 aromatic carbocycles. The predicted octanol–water partition coefficient (Wildman–Crippen LogP) is 6.21. The molecule has 0 aliphatic carbocycles. The lowest BCUT2D eigenvalue weighted by Gasteiger charge is -2.10. The minimum absolute atomic E-state index is 0.317. The number of halogens is 3. The van der Waals surface area contributed by atoms with Crippen LogP contribution in [0.25, 0.3) is 0 Å². The van der Waals surface area contributed by atoms with Crippen molar-refractivity contribution in [2.45, 2.75) is 6.61 Å². The molecular formula is C21H15Br2ClN2O2. The van der Waals surface area contributed by atoms with E-state index in [2.05, 4.69) is 42.4 Å². The van der Waals surface area contributed by atoms with Gasteiger partial charge in [-0.25, -0.2) is 5.43 Å². The summed E-state index contributed by atoms with van der Waals surface area (Å²) in [6, 6.07) is 20.3. The molecule has 142 valence electrons. The van der Waals surface area contributed by atoms with Crippen LogP contribution in [0.4, 0.5) is 0 Å². The van der Waals surface area contributed by atoms with Gasteiger partial charge in [0.25, 0.3) is 5.91 Å². The normalized spacial score (nSPS) is 10.8. The van der Waals surface area contributed by atoms with Gasteiger partial charge in [0, 0.05) is 19.5 Å². The van der Waals surface area contributed by atoms with Crippen LogP contribution in [0, 0.1) is 0 Å². The molecule has 28 heavy (non-hydrogen) atoms. The van der Waals surface area contributed by atoms with E-state index in [4.69, 9.17) is 16.3 Å². The monoisotopic (exact) mass is 520 g/mol. The minimum atomic E-state index is -0.317. The van der Waals surface area contributed by atoms with Crippen molar-refractivity contribution in [3.63, 3.8) is 0 Å². The topological polar surface area (TPSA) is 50.7 Å². The van der Waals surface area contributed by atoms with Crippen LogP contribution in [0.3, 0.4) is 0 Å². The van der Waals surface area contributed by atoms with Crippen LogP contribution in [0.5, 0.6) is 5.75 Å². The number of carbonyl (C=O) groups excluding carboxylic acids is 1. The first-order valence-electron chi connectivity index (χ1n) is 8.27. The summed E-state index contributed by atoms with van der Waals surface area (Å²) >= 11 is 12.9. The summed E-state index contributed by atoms with van der Waals surface area (Å²) in [6.45, 7) is 0.402. The summed E-state index contributed by atoms with van der Waals surface area (Å²) < 4.78 is 7.60. The van der Waals surface area contributed by atoms with E-state index in [0.717, 1.165) is 10.0 Å². The number of hydrazone groups is 1. The van der Waals surface area contributed by atoms with E-state index in [1.165, 1.54) is 6.21 Å². The number of hydrogen-bond acceptors (Lipinski definition) is 3. The van der Waals surface area contributed by atoms with E-state index in [1.807, 2.05) is 30.3 Å². The molecule has 0 bridgehead atoms. The molecule has 0 aliphatic heterocycles. The first-order valence-corrected chi connectivity index (χ1v) is 10.2. The van der Waals surface area contributed by atoms with Crippen LogP contribution >= 0.6 is 43.5 Å². The standard InChI is InChI=1S/C21H15Br2ClN2O2/c22-16-7-5-14(6-8-16)13-28-20-10-9-17(24)11-15(20)12-25-26-21(27)18-3-1-2-4-19(18)23/h1-12H,13H2,(H,26,27)/b25-12+. The number of ether oxygens (including phenoxy) is 1. The molecule has 0 heterocycles. The molecule has 4 nitrogen and oxygen atoms in total. The van der Waals surface area contributed by atoms with Gasteiger partial charge in [0.1, 0.15) is 12.4 Å². The Morgan fingerprint density at radius 3 is 2.57 bits per heavy atom. The van der Waals surface area contributed by atoms with Crippen molar-refractivity contribution in [2.75, 3.05) is 0 Å². The summed E-state index contributed by atoms with van der Waals surface area (Å²) in [4.78, 5) is 12.2. The number of nitrogens with zero attached hydrogens (tertiary/aromatic N) is 1. The highest BCUT2D eigenvalue weighted by molar-refractivity contribution is 9.10. The van der Waals surface area contributed by atoms with Crippen molar-refractivity contribution in [1.29, 1.82) is 0 Å². The molecular weight excluding hydrogens is 508 g/mol. The summed E-state index contributed by atoms with van der Waals surface area (Å²) in [6.07, 6.45) is 1.51. The molecule has 1 amide bonds.